The van der Waals surface area contributed by atoms with Gasteiger partial charge in [-0.3, -0.25) is 0 Å². The van der Waals surface area contributed by atoms with Crippen molar-refractivity contribution in [2.24, 2.45) is 0 Å². The lowest BCUT2D eigenvalue weighted by Crippen LogP contribution is -1.96. The highest BCUT2D eigenvalue weighted by atomic mass is 16.6. The molecule has 1 aromatic heterocycles. The van der Waals surface area contributed by atoms with Crippen molar-refractivity contribution < 1.29 is 4.84 Å². The molecular weight excluding hydrogens is 146 g/mol. The number of hydrogen-bond acceptors (Lipinski definition) is 5. The third kappa shape index (κ3) is 2.24. The van der Waals surface area contributed by atoms with Gasteiger partial charge < -0.3 is 4.84 Å². The van der Waals surface area contributed by atoms with Crippen LogP contribution in [0.4, 0.5) is 5.95 Å². The number of aromatic nitrogens is 4. The molecule has 0 fully saturated rings. The molecule has 6 nitrogen and oxygen atoms in total. The van der Waals surface area contributed by atoms with Crippen molar-refractivity contribution in [1.29, 1.82) is 0 Å². The monoisotopic (exact) mass is 149 g/mol. The quantitative estimate of drug-likeness (QED) is 0.422. The summed E-state index contributed by atoms with van der Waals surface area (Å²) in [5.41, 5.74) is 2.27. The number of aromatic amines is 1. The SMILES string of the molecule is C#CC#CONc1nn[nH]n1. The minimum atomic E-state index is 0.191. The van der Waals surface area contributed by atoms with Gasteiger partial charge in [-0.2, -0.15) is 10.7 Å². The van der Waals surface area contributed by atoms with Crippen LogP contribution in [0.2, 0.25) is 0 Å². The Balaban J connectivity index is 2.31. The molecule has 0 unspecified atom stereocenters. The average molecular weight is 149 g/mol. The van der Waals surface area contributed by atoms with Gasteiger partial charge in [0, 0.05) is 5.92 Å². The highest BCUT2D eigenvalue weighted by molar-refractivity contribution is 5.20. The Labute approximate surface area is 62.3 Å². The average Bonchev–Trinajstić information content (AvgIpc) is 2.50. The van der Waals surface area contributed by atoms with E-state index in [-0.39, 0.29) is 5.95 Å². The molecule has 0 saturated heterocycles. The molecule has 0 aliphatic heterocycles. The van der Waals surface area contributed by atoms with Crippen molar-refractivity contribution in [2.45, 2.75) is 0 Å². The molecule has 0 bridgehead atoms. The fraction of sp³-hybridized carbons (Fsp3) is 0. The fourth-order valence-electron chi connectivity index (χ4n) is 0.331. The van der Waals surface area contributed by atoms with Gasteiger partial charge in [-0.1, -0.05) is 5.10 Å². The first kappa shape index (κ1) is 6.90. The summed E-state index contributed by atoms with van der Waals surface area (Å²) in [6, 6.07) is 0. The molecule has 0 atom stereocenters. The Morgan fingerprint density at radius 2 is 2.55 bits per heavy atom. The summed E-state index contributed by atoms with van der Waals surface area (Å²) >= 11 is 0. The van der Waals surface area contributed by atoms with Crippen LogP contribution in [0.25, 0.3) is 0 Å². The van der Waals surface area contributed by atoms with Gasteiger partial charge in [0.2, 0.25) is 0 Å². The standard InChI is InChI=1S/C5H3N5O/c1-2-3-4-11-8-5-6-9-10-7-5/h1H,(H2,6,7,8,9,10). The van der Waals surface area contributed by atoms with Gasteiger partial charge in [-0.15, -0.1) is 11.5 Å². The van der Waals surface area contributed by atoms with E-state index < -0.39 is 0 Å². The molecule has 6 heteroatoms. The predicted octanol–water partition coefficient (Wildman–Crippen LogP) is -0.863. The highest BCUT2D eigenvalue weighted by Gasteiger charge is 1.91. The van der Waals surface area contributed by atoms with Crippen LogP contribution < -0.4 is 5.48 Å². The zero-order valence-electron chi connectivity index (χ0n) is 5.33. The first-order valence-electron chi connectivity index (χ1n) is 2.54. The molecule has 0 spiro atoms. The summed E-state index contributed by atoms with van der Waals surface area (Å²) in [5.74, 6) is 4.47. The Morgan fingerprint density at radius 3 is 3.18 bits per heavy atom. The first-order valence-corrected chi connectivity index (χ1v) is 2.54. The van der Waals surface area contributed by atoms with Gasteiger partial charge in [0.25, 0.3) is 5.95 Å². The number of H-pyrrole nitrogens is 1. The third-order valence-electron chi connectivity index (χ3n) is 0.662. The second-order valence-corrected chi connectivity index (χ2v) is 1.31. The zero-order valence-corrected chi connectivity index (χ0v) is 5.33. The number of nitrogens with zero attached hydrogens (tertiary/aromatic N) is 3. The smallest absolute Gasteiger partial charge is 0.296 e. The molecule has 1 rings (SSSR count). The molecule has 11 heavy (non-hydrogen) atoms. The molecule has 0 amide bonds. The Morgan fingerprint density at radius 1 is 1.64 bits per heavy atom. The summed E-state index contributed by atoms with van der Waals surface area (Å²) in [5, 5.41) is 12.5. The van der Waals surface area contributed by atoms with E-state index >= 15 is 0 Å². The van der Waals surface area contributed by atoms with Crippen molar-refractivity contribution in [3.63, 3.8) is 0 Å². The molecule has 1 heterocycles. The topological polar surface area (TPSA) is 75.7 Å². The van der Waals surface area contributed by atoms with E-state index in [0.717, 1.165) is 0 Å². The molecule has 54 valence electrons. The van der Waals surface area contributed by atoms with E-state index in [9.17, 15) is 0 Å². The lowest BCUT2D eigenvalue weighted by atomic mass is 10.7. The lowest BCUT2D eigenvalue weighted by Gasteiger charge is -1.90. The van der Waals surface area contributed by atoms with Crippen molar-refractivity contribution in [3.05, 3.63) is 0 Å². The van der Waals surface area contributed by atoms with Crippen molar-refractivity contribution >= 4 is 5.95 Å². The Hall–Kier alpha value is -2.21. The second kappa shape index (κ2) is 3.75. The number of hydrogen-bond donors (Lipinski definition) is 2. The Bertz CT molecular complexity index is 300. The first-order chi connectivity index (χ1) is 5.43. The maximum atomic E-state index is 4.81. The van der Waals surface area contributed by atoms with Crippen LogP contribution in [0.3, 0.4) is 0 Å². The molecular formula is C5H3N5O. The molecule has 0 aliphatic carbocycles. The minimum absolute atomic E-state index is 0.191. The van der Waals surface area contributed by atoms with Gasteiger partial charge in [0.1, 0.15) is 0 Å². The van der Waals surface area contributed by atoms with Crippen LogP contribution in [-0.2, 0) is 4.84 Å². The van der Waals surface area contributed by atoms with E-state index in [2.05, 4.69) is 48.9 Å². The van der Waals surface area contributed by atoms with Crippen LogP contribution in [0.5, 0.6) is 0 Å². The maximum Gasteiger partial charge on any atom is 0.296 e. The summed E-state index contributed by atoms with van der Waals surface area (Å²) in [7, 11) is 0. The summed E-state index contributed by atoms with van der Waals surface area (Å²) in [4.78, 5) is 4.48. The van der Waals surface area contributed by atoms with E-state index in [1.165, 1.54) is 0 Å². The summed E-state index contributed by atoms with van der Waals surface area (Å²) < 4.78 is 0. The van der Waals surface area contributed by atoms with Crippen molar-refractivity contribution in [1.82, 2.24) is 20.6 Å². The van der Waals surface area contributed by atoms with Gasteiger partial charge >= 0.3 is 0 Å². The van der Waals surface area contributed by atoms with Gasteiger partial charge in [0.05, 0.1) is 0 Å². The van der Waals surface area contributed by atoms with Crippen molar-refractivity contribution in [2.75, 3.05) is 5.48 Å². The molecule has 0 saturated carbocycles. The van der Waals surface area contributed by atoms with Crippen LogP contribution in [0.1, 0.15) is 0 Å². The lowest BCUT2D eigenvalue weighted by molar-refractivity contribution is 0.358. The van der Waals surface area contributed by atoms with Crippen LogP contribution in [0, 0.1) is 24.4 Å². The molecule has 0 aliphatic rings. The predicted molar refractivity (Wildman–Crippen MR) is 35.5 cm³/mol. The maximum absolute atomic E-state index is 4.81. The van der Waals surface area contributed by atoms with Crippen molar-refractivity contribution in [3.8, 4) is 24.4 Å². The van der Waals surface area contributed by atoms with Crippen LogP contribution in [-0.4, -0.2) is 20.6 Å². The van der Waals surface area contributed by atoms with E-state index in [1.807, 2.05) is 0 Å². The molecule has 1 aromatic rings. The number of nitrogens with one attached hydrogen (secondary N) is 2. The van der Waals surface area contributed by atoms with Crippen LogP contribution in [0.15, 0.2) is 0 Å². The molecule has 0 aromatic carbocycles. The summed E-state index contributed by atoms with van der Waals surface area (Å²) in [6.07, 6.45) is 6.96. The fourth-order valence-corrected chi connectivity index (χ4v) is 0.331. The third-order valence-corrected chi connectivity index (χ3v) is 0.662. The second-order valence-electron chi connectivity index (χ2n) is 1.31. The minimum Gasteiger partial charge on any atom is -0.325 e. The normalized spacial score (nSPS) is 7.18. The van der Waals surface area contributed by atoms with Gasteiger partial charge in [-0.25, -0.2) is 0 Å². The Kier molecular flexibility index (Phi) is 2.35. The van der Waals surface area contributed by atoms with Gasteiger partial charge in [0.15, 0.2) is 6.11 Å². The van der Waals surface area contributed by atoms with E-state index in [1.54, 1.807) is 0 Å². The zero-order chi connectivity index (χ0) is 7.94. The number of terminal acetylenes is 1. The van der Waals surface area contributed by atoms with Crippen LogP contribution >= 0.6 is 0 Å². The number of tetrazole rings is 1. The largest absolute Gasteiger partial charge is 0.325 e. The van der Waals surface area contributed by atoms with Gasteiger partial charge in [-0.05, 0) is 11.1 Å². The highest BCUT2D eigenvalue weighted by Crippen LogP contribution is 1.87. The number of anilines is 1. The van der Waals surface area contributed by atoms with E-state index in [4.69, 9.17) is 6.42 Å². The number of rotatable bonds is 2. The molecule has 0 radical (unpaired) electrons. The summed E-state index contributed by atoms with van der Waals surface area (Å²) in [6.45, 7) is 0. The van der Waals surface area contributed by atoms with E-state index in [0.29, 0.717) is 0 Å². The molecule has 2 N–H and O–H groups in total.